The normalized spacial score (nSPS) is 7.40. The van der Waals surface area contributed by atoms with Gasteiger partial charge in [0.1, 0.15) is 13.2 Å². The maximum atomic E-state index is 9.24. The van der Waals surface area contributed by atoms with Crippen LogP contribution in [0.25, 0.3) is 0 Å². The van der Waals surface area contributed by atoms with Crippen molar-refractivity contribution in [1.29, 1.82) is 0 Å². The molecule has 0 bridgehead atoms. The van der Waals surface area contributed by atoms with Gasteiger partial charge in [0, 0.05) is 0 Å². The van der Waals surface area contributed by atoms with Gasteiger partial charge in [-0.2, -0.15) is 0 Å². The van der Waals surface area contributed by atoms with Crippen LogP contribution in [0.4, 0.5) is 0 Å². The van der Waals surface area contributed by atoms with E-state index in [4.69, 9.17) is 35.1 Å². The molecule has 0 aromatic rings. The number of aliphatic hydroxyl groups is 2. The smallest absolute Gasteiger partial charge is 0.329 e. The quantitative estimate of drug-likeness (QED) is 0.296. The molecule has 0 fully saturated rings. The largest absolute Gasteiger partial charge is 0.480 e. The molecule has 0 amide bonds. The van der Waals surface area contributed by atoms with Crippen LogP contribution in [0.5, 0.6) is 0 Å². The van der Waals surface area contributed by atoms with E-state index in [0.29, 0.717) is 0 Å². The lowest BCUT2D eigenvalue weighted by atomic mass is 10.7. The molecule has 0 saturated carbocycles. The molecule has 0 aromatic heterocycles. The first-order valence-corrected chi connectivity index (χ1v) is 3.38. The zero-order valence-electron chi connectivity index (χ0n) is 7.66. The molecule has 9 heteroatoms. The molecule has 0 radical (unpaired) electrons. The van der Waals surface area contributed by atoms with Crippen LogP contribution in [0, 0.1) is 0 Å². The molecule has 0 aliphatic carbocycles. The van der Waals surface area contributed by atoms with E-state index in [1.807, 2.05) is 0 Å². The first-order valence-electron chi connectivity index (χ1n) is 3.38. The van der Waals surface area contributed by atoms with E-state index in [1.165, 1.54) is 0 Å². The number of nitrogens with two attached hydrogens (primary N) is 1. The molecule has 0 aromatic carbocycles. The fourth-order valence-corrected chi connectivity index (χ4v) is 0. The second kappa shape index (κ2) is 14.8. The summed E-state index contributed by atoms with van der Waals surface area (Å²) in [6, 6.07) is 0. The molecule has 9 nitrogen and oxygen atoms in total. The Labute approximate surface area is 84.4 Å². The fraction of sp³-hybridized carbons (Fsp3) is 0.500. The van der Waals surface area contributed by atoms with Crippen molar-refractivity contribution in [2.75, 3.05) is 19.8 Å². The van der Waals surface area contributed by atoms with Gasteiger partial charge in [0.25, 0.3) is 0 Å². The SMILES string of the molecule is NCC(=O)O.O=C(O)CO.O=C(O)CO. The van der Waals surface area contributed by atoms with Gasteiger partial charge in [0.15, 0.2) is 0 Å². The van der Waals surface area contributed by atoms with Gasteiger partial charge in [0.2, 0.25) is 0 Å². The van der Waals surface area contributed by atoms with E-state index in [0.717, 1.165) is 0 Å². The third kappa shape index (κ3) is 70.7. The minimum atomic E-state index is -1.19. The molecular weight excluding hydrogens is 214 g/mol. The van der Waals surface area contributed by atoms with Crippen LogP contribution < -0.4 is 5.73 Å². The molecule has 0 unspecified atom stereocenters. The van der Waals surface area contributed by atoms with Crippen LogP contribution in [0.15, 0.2) is 0 Å². The third-order valence-corrected chi connectivity index (χ3v) is 0.445. The number of carboxylic acid groups (broad SMARTS) is 3. The minimum Gasteiger partial charge on any atom is -0.480 e. The van der Waals surface area contributed by atoms with E-state index in [1.54, 1.807) is 0 Å². The lowest BCUT2D eigenvalue weighted by molar-refractivity contribution is -0.141. The lowest BCUT2D eigenvalue weighted by Crippen LogP contribution is -2.10. The Balaban J connectivity index is -0.000000144. The van der Waals surface area contributed by atoms with Gasteiger partial charge < -0.3 is 31.3 Å². The molecule has 0 atom stereocenters. The van der Waals surface area contributed by atoms with Crippen molar-refractivity contribution in [3.63, 3.8) is 0 Å². The van der Waals surface area contributed by atoms with Crippen LogP contribution >= 0.6 is 0 Å². The van der Waals surface area contributed by atoms with Crippen molar-refractivity contribution < 1.29 is 39.9 Å². The van der Waals surface area contributed by atoms with Gasteiger partial charge in [-0.3, -0.25) is 4.79 Å². The monoisotopic (exact) mass is 227 g/mol. The van der Waals surface area contributed by atoms with E-state index in [2.05, 4.69) is 5.73 Å². The Morgan fingerprint density at radius 3 is 0.933 bits per heavy atom. The molecule has 0 heterocycles. The highest BCUT2D eigenvalue weighted by molar-refractivity contribution is 5.68. The summed E-state index contributed by atoms with van der Waals surface area (Å²) in [6.07, 6.45) is 0. The van der Waals surface area contributed by atoms with E-state index < -0.39 is 31.1 Å². The number of carbonyl (C=O) groups is 3. The van der Waals surface area contributed by atoms with Gasteiger partial charge in [-0.1, -0.05) is 0 Å². The summed E-state index contributed by atoms with van der Waals surface area (Å²) >= 11 is 0. The Hall–Kier alpha value is -1.71. The van der Waals surface area contributed by atoms with E-state index in [9.17, 15) is 4.79 Å². The Morgan fingerprint density at radius 1 is 0.800 bits per heavy atom. The zero-order valence-corrected chi connectivity index (χ0v) is 7.66. The Morgan fingerprint density at radius 2 is 0.933 bits per heavy atom. The molecular formula is C6H13NO8. The van der Waals surface area contributed by atoms with Crippen LogP contribution in [0.2, 0.25) is 0 Å². The van der Waals surface area contributed by atoms with Crippen molar-refractivity contribution in [3.8, 4) is 0 Å². The summed E-state index contributed by atoms with van der Waals surface area (Å²) in [5.74, 6) is -3.35. The average Bonchev–Trinajstić information content (AvgIpc) is 2.19. The van der Waals surface area contributed by atoms with Crippen LogP contribution in [-0.4, -0.2) is 63.2 Å². The Kier molecular flexibility index (Phi) is 18.7. The predicted octanol–water partition coefficient (Wildman–Crippen LogP) is -2.84. The van der Waals surface area contributed by atoms with Gasteiger partial charge in [-0.25, -0.2) is 9.59 Å². The topological polar surface area (TPSA) is 178 Å². The number of aliphatic hydroxyl groups excluding tert-OH is 2. The molecule has 15 heavy (non-hydrogen) atoms. The van der Waals surface area contributed by atoms with Gasteiger partial charge in [0.05, 0.1) is 6.54 Å². The van der Waals surface area contributed by atoms with Crippen molar-refractivity contribution in [2.24, 2.45) is 5.73 Å². The standard InChI is InChI=1S/C2H5NO2.2C2H4O3/c3*3-1-2(4)5/h1,3H2,(H,4,5);2*3H,1H2,(H,4,5). The molecule has 0 rings (SSSR count). The Bertz CT molecular complexity index is 158. The summed E-state index contributed by atoms with van der Waals surface area (Å²) in [7, 11) is 0. The third-order valence-electron chi connectivity index (χ3n) is 0.445. The molecule has 0 spiro atoms. The zero-order chi connectivity index (χ0) is 12.9. The summed E-state index contributed by atoms with van der Waals surface area (Å²) in [5.41, 5.74) is 4.57. The number of aliphatic carboxylic acids is 3. The molecule has 0 aliphatic rings. The summed E-state index contributed by atoms with van der Waals surface area (Å²) in [6.45, 7) is -1.83. The number of hydrogen-bond acceptors (Lipinski definition) is 6. The van der Waals surface area contributed by atoms with E-state index >= 15 is 0 Å². The van der Waals surface area contributed by atoms with Crippen LogP contribution in [-0.2, 0) is 14.4 Å². The van der Waals surface area contributed by atoms with Crippen molar-refractivity contribution in [3.05, 3.63) is 0 Å². The number of carboxylic acids is 3. The summed E-state index contributed by atoms with van der Waals surface area (Å²) in [4.78, 5) is 27.5. The van der Waals surface area contributed by atoms with Crippen molar-refractivity contribution in [2.45, 2.75) is 0 Å². The van der Waals surface area contributed by atoms with Crippen LogP contribution in [0.1, 0.15) is 0 Å². The molecule has 7 N–H and O–H groups in total. The molecule has 90 valence electrons. The number of hydrogen-bond donors (Lipinski definition) is 6. The molecule has 0 aliphatic heterocycles. The van der Waals surface area contributed by atoms with Gasteiger partial charge >= 0.3 is 17.9 Å². The highest BCUT2D eigenvalue weighted by Crippen LogP contribution is 1.49. The van der Waals surface area contributed by atoms with Crippen LogP contribution in [0.3, 0.4) is 0 Å². The first-order chi connectivity index (χ1) is 6.81. The highest BCUT2D eigenvalue weighted by Gasteiger charge is 1.83. The predicted molar refractivity (Wildman–Crippen MR) is 46.1 cm³/mol. The average molecular weight is 227 g/mol. The maximum absolute atomic E-state index is 9.24. The van der Waals surface area contributed by atoms with E-state index in [-0.39, 0.29) is 6.54 Å². The van der Waals surface area contributed by atoms with Crippen molar-refractivity contribution >= 4 is 17.9 Å². The summed E-state index contributed by atoms with van der Waals surface area (Å²) < 4.78 is 0. The lowest BCUT2D eigenvalue weighted by Gasteiger charge is -1.73. The molecule has 0 saturated heterocycles. The van der Waals surface area contributed by atoms with Crippen molar-refractivity contribution in [1.82, 2.24) is 0 Å². The van der Waals surface area contributed by atoms with Gasteiger partial charge in [-0.15, -0.1) is 0 Å². The number of rotatable bonds is 3. The fourth-order valence-electron chi connectivity index (χ4n) is 0. The van der Waals surface area contributed by atoms with Gasteiger partial charge in [-0.05, 0) is 0 Å². The minimum absolute atomic E-state index is 0.278. The summed E-state index contributed by atoms with van der Waals surface area (Å²) in [5, 5.41) is 37.6. The highest BCUT2D eigenvalue weighted by atomic mass is 16.4. The second-order valence-corrected chi connectivity index (χ2v) is 1.70. The second-order valence-electron chi connectivity index (χ2n) is 1.70. The maximum Gasteiger partial charge on any atom is 0.329 e. The first kappa shape index (κ1) is 19.0.